The highest BCUT2D eigenvalue weighted by atomic mass is 32.2. The number of pyridine rings is 2. The van der Waals surface area contributed by atoms with Crippen LogP contribution in [0.1, 0.15) is 16.8 Å². The largest absolute Gasteiger partial charge is 0.248 e. The van der Waals surface area contributed by atoms with E-state index in [-0.39, 0.29) is 0 Å². The molecule has 2 rings (SSSR count). The second-order valence-corrected chi connectivity index (χ2v) is 4.70. The van der Waals surface area contributed by atoms with Crippen molar-refractivity contribution < 1.29 is 0 Å². The summed E-state index contributed by atoms with van der Waals surface area (Å²) in [7, 11) is 0. The molecule has 0 bridgehead atoms. The Morgan fingerprint density at radius 3 is 2.82 bits per heavy atom. The predicted molar refractivity (Wildman–Crippen MR) is 66.8 cm³/mol. The third-order valence-corrected chi connectivity index (χ3v) is 3.10. The van der Waals surface area contributed by atoms with Gasteiger partial charge in [-0.1, -0.05) is 0 Å². The first-order valence-corrected chi connectivity index (χ1v) is 5.99. The minimum Gasteiger partial charge on any atom is -0.248 e. The Morgan fingerprint density at radius 2 is 2.12 bits per heavy atom. The Balaban J connectivity index is 2.35. The van der Waals surface area contributed by atoms with Crippen LogP contribution in [0.3, 0.4) is 0 Å². The quantitative estimate of drug-likeness (QED) is 0.810. The lowest BCUT2D eigenvalue weighted by Crippen LogP contribution is -1.90. The number of hydrogen-bond donors (Lipinski definition) is 0. The van der Waals surface area contributed by atoms with Gasteiger partial charge in [-0.2, -0.15) is 5.26 Å². The standard InChI is InChI=1S/C13H11N3S/c1-9-6-10(2)16-12(7-9)17-13-11(8-14)4-3-5-15-13/h3-7H,1-2H3. The van der Waals surface area contributed by atoms with E-state index < -0.39 is 0 Å². The number of hydrogen-bond acceptors (Lipinski definition) is 4. The summed E-state index contributed by atoms with van der Waals surface area (Å²) in [6, 6.07) is 9.67. The van der Waals surface area contributed by atoms with Crippen molar-refractivity contribution in [2.75, 3.05) is 0 Å². The molecule has 0 fully saturated rings. The first-order valence-electron chi connectivity index (χ1n) is 5.17. The molecule has 0 amide bonds. The highest BCUT2D eigenvalue weighted by molar-refractivity contribution is 7.99. The van der Waals surface area contributed by atoms with Crippen molar-refractivity contribution in [3.8, 4) is 6.07 Å². The smallest absolute Gasteiger partial charge is 0.120 e. The number of aryl methyl sites for hydroxylation is 2. The molecule has 0 aliphatic carbocycles. The van der Waals surface area contributed by atoms with Crippen molar-refractivity contribution >= 4 is 11.8 Å². The third-order valence-electron chi connectivity index (χ3n) is 2.17. The maximum absolute atomic E-state index is 8.98. The van der Waals surface area contributed by atoms with Crippen molar-refractivity contribution in [3.05, 3.63) is 47.3 Å². The fraction of sp³-hybridized carbons (Fsp3) is 0.154. The summed E-state index contributed by atoms with van der Waals surface area (Å²) in [4.78, 5) is 8.62. The summed E-state index contributed by atoms with van der Waals surface area (Å²) in [5.41, 5.74) is 2.72. The molecule has 0 spiro atoms. The number of aromatic nitrogens is 2. The molecule has 0 radical (unpaired) electrons. The zero-order chi connectivity index (χ0) is 12.3. The van der Waals surface area contributed by atoms with Gasteiger partial charge >= 0.3 is 0 Å². The summed E-state index contributed by atoms with van der Waals surface area (Å²) < 4.78 is 0. The maximum atomic E-state index is 8.98. The normalized spacial score (nSPS) is 9.94. The van der Waals surface area contributed by atoms with Gasteiger partial charge in [0.25, 0.3) is 0 Å². The van der Waals surface area contributed by atoms with Gasteiger partial charge in [-0.15, -0.1) is 0 Å². The molecule has 0 aliphatic rings. The molecule has 0 unspecified atom stereocenters. The highest BCUT2D eigenvalue weighted by Crippen LogP contribution is 2.27. The second-order valence-electron chi connectivity index (χ2n) is 3.69. The molecule has 84 valence electrons. The van der Waals surface area contributed by atoms with Crippen molar-refractivity contribution in [1.29, 1.82) is 5.26 Å². The zero-order valence-corrected chi connectivity index (χ0v) is 10.5. The summed E-state index contributed by atoms with van der Waals surface area (Å²) in [5.74, 6) is 0. The Morgan fingerprint density at radius 1 is 1.29 bits per heavy atom. The molecule has 0 saturated carbocycles. The van der Waals surface area contributed by atoms with Crippen LogP contribution < -0.4 is 0 Å². The lowest BCUT2D eigenvalue weighted by Gasteiger charge is -2.04. The first kappa shape index (κ1) is 11.6. The van der Waals surface area contributed by atoms with Gasteiger partial charge in [0.2, 0.25) is 0 Å². The average Bonchev–Trinajstić information content (AvgIpc) is 2.28. The SMILES string of the molecule is Cc1cc(C)nc(Sc2ncccc2C#N)c1. The van der Waals surface area contributed by atoms with Gasteiger partial charge < -0.3 is 0 Å². The molecule has 2 aromatic heterocycles. The van der Waals surface area contributed by atoms with Crippen LogP contribution in [0.25, 0.3) is 0 Å². The number of nitriles is 1. The van der Waals surface area contributed by atoms with E-state index in [9.17, 15) is 0 Å². The van der Waals surface area contributed by atoms with Crippen LogP contribution in [0.15, 0.2) is 40.5 Å². The van der Waals surface area contributed by atoms with Gasteiger partial charge in [0, 0.05) is 11.9 Å². The molecule has 0 saturated heterocycles. The van der Waals surface area contributed by atoms with E-state index >= 15 is 0 Å². The highest BCUT2D eigenvalue weighted by Gasteiger charge is 2.06. The summed E-state index contributed by atoms with van der Waals surface area (Å²) in [6.45, 7) is 3.99. The van der Waals surface area contributed by atoms with Crippen LogP contribution in [0.4, 0.5) is 0 Å². The first-order chi connectivity index (χ1) is 8.19. The number of rotatable bonds is 2. The van der Waals surface area contributed by atoms with Crippen molar-refractivity contribution in [2.24, 2.45) is 0 Å². The minimum absolute atomic E-state index is 0.582. The molecule has 3 nitrogen and oxygen atoms in total. The van der Waals surface area contributed by atoms with Gasteiger partial charge in [0.1, 0.15) is 16.1 Å². The molecule has 2 aromatic rings. The zero-order valence-electron chi connectivity index (χ0n) is 9.64. The van der Waals surface area contributed by atoms with E-state index in [1.807, 2.05) is 26.0 Å². The van der Waals surface area contributed by atoms with Gasteiger partial charge in [-0.3, -0.25) is 0 Å². The van der Waals surface area contributed by atoms with Crippen molar-refractivity contribution in [1.82, 2.24) is 9.97 Å². The van der Waals surface area contributed by atoms with E-state index in [0.717, 1.165) is 16.3 Å². The monoisotopic (exact) mass is 241 g/mol. The van der Waals surface area contributed by atoms with Gasteiger partial charge in [0.15, 0.2) is 0 Å². The van der Waals surface area contributed by atoms with Gasteiger partial charge in [-0.05, 0) is 55.4 Å². The lowest BCUT2D eigenvalue weighted by molar-refractivity contribution is 1.03. The summed E-state index contributed by atoms with van der Waals surface area (Å²) >= 11 is 1.42. The molecule has 17 heavy (non-hydrogen) atoms. The Labute approximate surface area is 105 Å². The Kier molecular flexibility index (Phi) is 3.40. The van der Waals surface area contributed by atoms with E-state index in [2.05, 4.69) is 16.0 Å². The molecule has 4 heteroatoms. The lowest BCUT2D eigenvalue weighted by atomic mass is 10.3. The van der Waals surface area contributed by atoms with Crippen LogP contribution >= 0.6 is 11.8 Å². The molecular weight excluding hydrogens is 230 g/mol. The Bertz CT molecular complexity index is 567. The van der Waals surface area contributed by atoms with Crippen LogP contribution in [0.5, 0.6) is 0 Å². The molecule has 0 atom stereocenters. The summed E-state index contributed by atoms with van der Waals surface area (Å²) in [6.07, 6.45) is 1.69. The molecule has 0 aromatic carbocycles. The molecular formula is C13H11N3S. The molecule has 0 N–H and O–H groups in total. The van der Waals surface area contributed by atoms with E-state index in [4.69, 9.17) is 5.26 Å². The van der Waals surface area contributed by atoms with Crippen molar-refractivity contribution in [2.45, 2.75) is 23.9 Å². The van der Waals surface area contributed by atoms with E-state index in [1.165, 1.54) is 11.8 Å². The van der Waals surface area contributed by atoms with Crippen LogP contribution in [0, 0.1) is 25.2 Å². The fourth-order valence-corrected chi connectivity index (χ4v) is 2.48. The van der Waals surface area contributed by atoms with Gasteiger partial charge in [-0.25, -0.2) is 9.97 Å². The van der Waals surface area contributed by atoms with Crippen LogP contribution in [-0.2, 0) is 0 Å². The second kappa shape index (κ2) is 4.98. The molecule has 0 aliphatic heterocycles. The van der Waals surface area contributed by atoms with E-state index in [0.29, 0.717) is 10.6 Å². The number of nitrogens with zero attached hydrogens (tertiary/aromatic N) is 3. The Hall–Kier alpha value is -1.86. The summed E-state index contributed by atoms with van der Waals surface area (Å²) in [5, 5.41) is 10.6. The third kappa shape index (κ3) is 2.83. The molecule has 2 heterocycles. The van der Waals surface area contributed by atoms with E-state index in [1.54, 1.807) is 18.3 Å². The fourth-order valence-electron chi connectivity index (χ4n) is 1.51. The van der Waals surface area contributed by atoms with Crippen LogP contribution in [-0.4, -0.2) is 9.97 Å². The average molecular weight is 241 g/mol. The van der Waals surface area contributed by atoms with Gasteiger partial charge in [0.05, 0.1) is 5.56 Å². The minimum atomic E-state index is 0.582. The van der Waals surface area contributed by atoms with Crippen LogP contribution in [0.2, 0.25) is 0 Å². The van der Waals surface area contributed by atoms with Crippen molar-refractivity contribution in [3.63, 3.8) is 0 Å². The predicted octanol–water partition coefficient (Wildman–Crippen LogP) is 3.12. The maximum Gasteiger partial charge on any atom is 0.120 e. The topological polar surface area (TPSA) is 49.6 Å².